The fraction of sp³-hybridized carbons (Fsp3) is 0.667. The van der Waals surface area contributed by atoms with Crippen LogP contribution in [0.2, 0.25) is 0 Å². The lowest BCUT2D eigenvalue weighted by Gasteiger charge is -2.36. The largest absolute Gasteiger partial charge is 0.512 e. The molecule has 6 heteroatoms. The molecule has 2 heterocycles. The van der Waals surface area contributed by atoms with Crippen LogP contribution in [0.4, 0.5) is 0 Å². The molecule has 0 amide bonds. The Labute approximate surface area is 126 Å². The molecule has 0 bridgehead atoms. The monoisotopic (exact) mass is 293 g/mol. The van der Waals surface area contributed by atoms with Gasteiger partial charge in [-0.05, 0) is 33.3 Å². The first kappa shape index (κ1) is 16.1. The Morgan fingerprint density at radius 1 is 1.38 bits per heavy atom. The van der Waals surface area contributed by atoms with Crippen molar-refractivity contribution in [3.8, 4) is 0 Å². The molecular weight excluding hydrogens is 269 g/mol. The van der Waals surface area contributed by atoms with E-state index < -0.39 is 7.12 Å². The molecule has 0 radical (unpaired) electrons. The zero-order valence-electron chi connectivity index (χ0n) is 13.7. The molecule has 1 aliphatic heterocycles. The molecule has 1 aromatic rings. The van der Waals surface area contributed by atoms with Gasteiger partial charge >= 0.3 is 13.1 Å². The summed E-state index contributed by atoms with van der Waals surface area (Å²) in [5.74, 6) is -0.356. The molecule has 5 nitrogen and oxygen atoms in total. The normalized spacial score (nSPS) is 24.4. The van der Waals surface area contributed by atoms with Crippen LogP contribution in [-0.4, -0.2) is 36.0 Å². The number of aromatic nitrogens is 1. The van der Waals surface area contributed by atoms with Crippen molar-refractivity contribution in [3.05, 3.63) is 17.8 Å². The number of ether oxygens (including phenoxy) is 1. The molecule has 2 rings (SSSR count). The Hall–Kier alpha value is -1.27. The molecular formula is C15H24BNO4. The molecule has 1 atom stereocenters. The lowest BCUT2D eigenvalue weighted by molar-refractivity contribution is -0.0159. The van der Waals surface area contributed by atoms with E-state index in [1.54, 1.807) is 12.3 Å². The van der Waals surface area contributed by atoms with E-state index in [1.807, 2.05) is 25.5 Å². The quantitative estimate of drug-likeness (QED) is 0.628. The summed E-state index contributed by atoms with van der Waals surface area (Å²) in [5, 5.41) is 0. The number of esters is 1. The summed E-state index contributed by atoms with van der Waals surface area (Å²) in [6, 6.07) is 1.77. The summed E-state index contributed by atoms with van der Waals surface area (Å²) in [4.78, 5) is 11.6. The molecule has 1 unspecified atom stereocenters. The maximum atomic E-state index is 11.6. The van der Waals surface area contributed by atoms with Crippen LogP contribution in [-0.2, 0) is 21.1 Å². The number of carbonyl (C=O) groups excluding carboxylic acids is 1. The number of methoxy groups -OCH3 is 1. The highest BCUT2D eigenvalue weighted by molar-refractivity contribution is 6.61. The highest BCUT2D eigenvalue weighted by Crippen LogP contribution is 2.40. The molecule has 0 saturated carbocycles. The number of hydrogen-bond acceptors (Lipinski definition) is 4. The summed E-state index contributed by atoms with van der Waals surface area (Å²) in [6.45, 7) is 8.32. The summed E-state index contributed by atoms with van der Waals surface area (Å²) < 4.78 is 18.9. The van der Waals surface area contributed by atoms with Gasteiger partial charge in [-0.2, -0.15) is 0 Å². The Bertz CT molecular complexity index is 540. The van der Waals surface area contributed by atoms with Gasteiger partial charge in [0.2, 0.25) is 0 Å². The zero-order valence-corrected chi connectivity index (χ0v) is 13.7. The van der Waals surface area contributed by atoms with Gasteiger partial charge in [0.15, 0.2) is 0 Å². The van der Waals surface area contributed by atoms with Crippen molar-refractivity contribution in [2.75, 3.05) is 7.11 Å². The Balaban J connectivity index is 2.29. The molecule has 0 aromatic carbocycles. The minimum Gasteiger partial charge on any atom is -0.465 e. The lowest BCUT2D eigenvalue weighted by atomic mass is 9.84. The Morgan fingerprint density at radius 2 is 2.05 bits per heavy atom. The second-order valence-electron chi connectivity index (χ2n) is 6.31. The predicted molar refractivity (Wildman–Crippen MR) is 81.7 cm³/mol. The third-order valence-electron chi connectivity index (χ3n) is 4.48. The maximum Gasteiger partial charge on any atom is 0.512 e. The van der Waals surface area contributed by atoms with Gasteiger partial charge in [-0.3, -0.25) is 0 Å². The van der Waals surface area contributed by atoms with Crippen LogP contribution in [0.1, 0.15) is 50.9 Å². The van der Waals surface area contributed by atoms with E-state index in [9.17, 15) is 4.79 Å². The van der Waals surface area contributed by atoms with Crippen molar-refractivity contribution in [2.24, 2.45) is 7.05 Å². The first-order chi connectivity index (χ1) is 9.74. The van der Waals surface area contributed by atoms with Gasteiger partial charge in [0.25, 0.3) is 0 Å². The van der Waals surface area contributed by atoms with E-state index in [0.717, 1.165) is 18.4 Å². The standard InChI is InChI=1S/C15H24BNO4/c1-7-8-15(4)14(2,3)20-16(21-15)12-9-11(10-17(12)5)13(18)19-6/h9-10H,7-8H2,1-6H3. The van der Waals surface area contributed by atoms with Crippen LogP contribution in [0.15, 0.2) is 12.3 Å². The van der Waals surface area contributed by atoms with Crippen LogP contribution < -0.4 is 5.59 Å². The first-order valence-corrected chi connectivity index (χ1v) is 7.34. The number of hydrogen-bond donors (Lipinski definition) is 0. The fourth-order valence-corrected chi connectivity index (χ4v) is 2.80. The summed E-state index contributed by atoms with van der Waals surface area (Å²) >= 11 is 0. The van der Waals surface area contributed by atoms with E-state index in [2.05, 4.69) is 13.8 Å². The van der Waals surface area contributed by atoms with Gasteiger partial charge in [0.1, 0.15) is 0 Å². The zero-order chi connectivity index (χ0) is 15.8. The molecule has 21 heavy (non-hydrogen) atoms. The minimum absolute atomic E-state index is 0.345. The van der Waals surface area contributed by atoms with E-state index >= 15 is 0 Å². The van der Waals surface area contributed by atoms with Crippen molar-refractivity contribution in [3.63, 3.8) is 0 Å². The molecule has 1 fully saturated rings. The predicted octanol–water partition coefficient (Wildman–Crippen LogP) is 1.89. The van der Waals surface area contributed by atoms with E-state index in [4.69, 9.17) is 14.0 Å². The van der Waals surface area contributed by atoms with Crippen LogP contribution in [0.5, 0.6) is 0 Å². The van der Waals surface area contributed by atoms with Crippen molar-refractivity contribution >= 4 is 18.7 Å². The molecule has 1 aromatic heterocycles. The second kappa shape index (κ2) is 5.50. The third kappa shape index (κ3) is 2.74. The van der Waals surface area contributed by atoms with Gasteiger partial charge in [-0.15, -0.1) is 0 Å². The Kier molecular flexibility index (Phi) is 4.22. The average Bonchev–Trinajstić information content (AvgIpc) is 2.88. The molecule has 0 aliphatic carbocycles. The number of aryl methyl sites for hydroxylation is 1. The topological polar surface area (TPSA) is 49.7 Å². The molecule has 0 spiro atoms. The second-order valence-corrected chi connectivity index (χ2v) is 6.31. The van der Waals surface area contributed by atoms with E-state index in [0.29, 0.717) is 5.56 Å². The van der Waals surface area contributed by atoms with Crippen LogP contribution in [0.25, 0.3) is 0 Å². The average molecular weight is 293 g/mol. The lowest BCUT2D eigenvalue weighted by Crippen LogP contribution is -2.44. The Morgan fingerprint density at radius 3 is 2.62 bits per heavy atom. The molecule has 1 aliphatic rings. The summed E-state index contributed by atoms with van der Waals surface area (Å²) in [6.07, 6.45) is 3.68. The van der Waals surface area contributed by atoms with E-state index in [1.165, 1.54) is 7.11 Å². The molecule has 0 N–H and O–H groups in total. The van der Waals surface area contributed by atoms with Crippen molar-refractivity contribution in [1.82, 2.24) is 4.57 Å². The van der Waals surface area contributed by atoms with Gasteiger partial charge in [-0.25, -0.2) is 4.79 Å². The summed E-state index contributed by atoms with van der Waals surface area (Å²) in [5.41, 5.74) is 0.596. The van der Waals surface area contributed by atoms with Gasteiger partial charge in [0, 0.05) is 18.8 Å². The van der Waals surface area contributed by atoms with Crippen molar-refractivity contribution in [1.29, 1.82) is 0 Å². The van der Waals surface area contributed by atoms with Crippen LogP contribution >= 0.6 is 0 Å². The number of carbonyl (C=O) groups is 1. The van der Waals surface area contributed by atoms with Crippen LogP contribution in [0, 0.1) is 0 Å². The van der Waals surface area contributed by atoms with Gasteiger partial charge in [0.05, 0.1) is 23.9 Å². The van der Waals surface area contributed by atoms with Crippen molar-refractivity contribution in [2.45, 2.75) is 51.7 Å². The first-order valence-electron chi connectivity index (χ1n) is 7.34. The minimum atomic E-state index is -0.472. The summed E-state index contributed by atoms with van der Waals surface area (Å²) in [7, 11) is 2.77. The molecule has 116 valence electrons. The van der Waals surface area contributed by atoms with Crippen molar-refractivity contribution < 1.29 is 18.8 Å². The highest BCUT2D eigenvalue weighted by Gasteiger charge is 2.54. The molecule has 1 saturated heterocycles. The SMILES string of the molecule is CCCC1(C)OB(c2cc(C(=O)OC)cn2C)OC1(C)C. The maximum absolute atomic E-state index is 11.6. The van der Waals surface area contributed by atoms with Gasteiger partial charge in [-0.1, -0.05) is 13.3 Å². The number of rotatable bonds is 4. The van der Waals surface area contributed by atoms with E-state index in [-0.39, 0.29) is 17.2 Å². The van der Waals surface area contributed by atoms with Gasteiger partial charge < -0.3 is 18.6 Å². The number of nitrogens with zero attached hydrogens (tertiary/aromatic N) is 1. The van der Waals surface area contributed by atoms with Crippen LogP contribution in [0.3, 0.4) is 0 Å². The smallest absolute Gasteiger partial charge is 0.465 e. The fourth-order valence-electron chi connectivity index (χ4n) is 2.80. The third-order valence-corrected chi connectivity index (χ3v) is 4.48. The highest BCUT2D eigenvalue weighted by atomic mass is 16.7.